The summed E-state index contributed by atoms with van der Waals surface area (Å²) in [4.78, 5) is 12.2. The highest BCUT2D eigenvalue weighted by Crippen LogP contribution is 1.96. The molecule has 1 atom stereocenters. The van der Waals surface area contributed by atoms with Gasteiger partial charge in [-0.1, -0.05) is 6.92 Å². The van der Waals surface area contributed by atoms with Crippen molar-refractivity contribution < 1.29 is 9.53 Å². The largest absolute Gasteiger partial charge is 0.369 e. The van der Waals surface area contributed by atoms with E-state index in [4.69, 9.17) is 4.74 Å². The van der Waals surface area contributed by atoms with E-state index in [0.29, 0.717) is 6.73 Å². The molecule has 0 saturated carbocycles. The number of nitrogens with zero attached hydrogens (tertiary/aromatic N) is 1. The Labute approximate surface area is 62.0 Å². The molecule has 60 valence electrons. The molecule has 0 bridgehead atoms. The van der Waals surface area contributed by atoms with Crippen molar-refractivity contribution in [1.82, 2.24) is 4.90 Å². The lowest BCUT2D eigenvalue weighted by Crippen LogP contribution is -2.33. The van der Waals surface area contributed by atoms with Gasteiger partial charge in [-0.15, -0.1) is 0 Å². The Hall–Kier alpha value is -0.410. The molecule has 0 fully saturated rings. The second-order valence-corrected chi connectivity index (χ2v) is 2.29. The van der Waals surface area contributed by atoms with Gasteiger partial charge in [0.1, 0.15) is 6.29 Å². The fourth-order valence-electron chi connectivity index (χ4n) is 0.811. The minimum absolute atomic E-state index is 0.0000463. The van der Waals surface area contributed by atoms with Crippen LogP contribution in [0.3, 0.4) is 0 Å². The molecule has 3 heteroatoms. The molecule has 3 nitrogen and oxygen atoms in total. The molecule has 0 aromatic carbocycles. The van der Waals surface area contributed by atoms with E-state index in [2.05, 4.69) is 0 Å². The van der Waals surface area contributed by atoms with Gasteiger partial charge in [-0.3, -0.25) is 4.90 Å². The van der Waals surface area contributed by atoms with Crippen LogP contribution in [-0.2, 0) is 9.53 Å². The van der Waals surface area contributed by atoms with E-state index in [0.717, 1.165) is 12.7 Å². The molecule has 0 rings (SSSR count). The average Bonchev–Trinajstić information content (AvgIpc) is 1.91. The first kappa shape index (κ1) is 9.59. The van der Waals surface area contributed by atoms with Gasteiger partial charge < -0.3 is 9.53 Å². The van der Waals surface area contributed by atoms with Crippen molar-refractivity contribution in [2.45, 2.75) is 19.4 Å². The quantitative estimate of drug-likeness (QED) is 0.417. The summed E-state index contributed by atoms with van der Waals surface area (Å²) >= 11 is 0. The van der Waals surface area contributed by atoms with Crippen LogP contribution in [0.2, 0.25) is 0 Å². The number of hydrogen-bond acceptors (Lipinski definition) is 3. The van der Waals surface area contributed by atoms with Crippen LogP contribution in [0.15, 0.2) is 0 Å². The molecule has 0 spiro atoms. The van der Waals surface area contributed by atoms with Gasteiger partial charge in [0.15, 0.2) is 0 Å². The van der Waals surface area contributed by atoms with Crippen LogP contribution in [0.4, 0.5) is 0 Å². The Balaban J connectivity index is 3.63. The Morgan fingerprint density at radius 3 is 2.60 bits per heavy atom. The topological polar surface area (TPSA) is 29.5 Å². The molecule has 0 aromatic rings. The number of hydrogen-bond donors (Lipinski definition) is 0. The molecule has 0 N–H and O–H groups in total. The maximum atomic E-state index is 10.4. The predicted octanol–water partition coefficient (Wildman–Crippen LogP) is 0.500. The second-order valence-electron chi connectivity index (χ2n) is 2.29. The minimum atomic E-state index is -0.0000463. The van der Waals surface area contributed by atoms with Crippen molar-refractivity contribution in [3.8, 4) is 0 Å². The van der Waals surface area contributed by atoms with Gasteiger partial charge in [0, 0.05) is 7.11 Å². The summed E-state index contributed by atoms with van der Waals surface area (Å²) in [5.74, 6) is 0. The Morgan fingerprint density at radius 1 is 1.70 bits per heavy atom. The molecular weight excluding hydrogens is 130 g/mol. The lowest BCUT2D eigenvalue weighted by Gasteiger charge is -2.20. The maximum absolute atomic E-state index is 10.4. The zero-order valence-electron chi connectivity index (χ0n) is 6.83. The van der Waals surface area contributed by atoms with Crippen molar-refractivity contribution >= 4 is 6.29 Å². The van der Waals surface area contributed by atoms with E-state index >= 15 is 0 Å². The van der Waals surface area contributed by atoms with E-state index < -0.39 is 0 Å². The van der Waals surface area contributed by atoms with Crippen molar-refractivity contribution in [3.05, 3.63) is 0 Å². The number of likely N-dealkylation sites (N-methyl/N-ethyl adjacent to an activating group) is 1. The molecule has 0 heterocycles. The molecule has 0 aromatic heterocycles. The molecule has 0 aliphatic heterocycles. The van der Waals surface area contributed by atoms with Crippen LogP contribution in [0, 0.1) is 0 Å². The lowest BCUT2D eigenvalue weighted by atomic mass is 10.2. The summed E-state index contributed by atoms with van der Waals surface area (Å²) in [6, 6.07) is -0.0000463. The van der Waals surface area contributed by atoms with Gasteiger partial charge in [-0.05, 0) is 13.5 Å². The summed E-state index contributed by atoms with van der Waals surface area (Å²) in [7, 11) is 3.49. The van der Waals surface area contributed by atoms with Crippen LogP contribution >= 0.6 is 0 Å². The van der Waals surface area contributed by atoms with Crippen molar-refractivity contribution in [1.29, 1.82) is 0 Å². The van der Waals surface area contributed by atoms with E-state index in [1.807, 2.05) is 18.9 Å². The fourth-order valence-corrected chi connectivity index (χ4v) is 0.811. The number of rotatable bonds is 5. The molecule has 0 amide bonds. The van der Waals surface area contributed by atoms with Gasteiger partial charge in [0.05, 0.1) is 12.8 Å². The predicted molar refractivity (Wildman–Crippen MR) is 39.8 cm³/mol. The molecule has 1 unspecified atom stereocenters. The fraction of sp³-hybridized carbons (Fsp3) is 0.857. The Bertz CT molecular complexity index is 95.6. The molecular formula is C7H15NO2. The third-order valence-electron chi connectivity index (χ3n) is 1.47. The Kier molecular flexibility index (Phi) is 5.16. The summed E-state index contributed by atoms with van der Waals surface area (Å²) in [5, 5.41) is 0. The zero-order chi connectivity index (χ0) is 7.98. The number of methoxy groups -OCH3 is 1. The first-order valence-electron chi connectivity index (χ1n) is 3.40. The highest BCUT2D eigenvalue weighted by atomic mass is 16.5. The van der Waals surface area contributed by atoms with Crippen molar-refractivity contribution in [2.24, 2.45) is 0 Å². The second kappa shape index (κ2) is 5.38. The van der Waals surface area contributed by atoms with E-state index in [1.54, 1.807) is 7.11 Å². The molecule has 10 heavy (non-hydrogen) atoms. The van der Waals surface area contributed by atoms with E-state index in [1.165, 1.54) is 0 Å². The zero-order valence-corrected chi connectivity index (χ0v) is 6.83. The lowest BCUT2D eigenvalue weighted by molar-refractivity contribution is -0.113. The average molecular weight is 145 g/mol. The van der Waals surface area contributed by atoms with Gasteiger partial charge in [-0.25, -0.2) is 0 Å². The maximum Gasteiger partial charge on any atom is 0.137 e. The van der Waals surface area contributed by atoms with Crippen molar-refractivity contribution in [2.75, 3.05) is 20.9 Å². The first-order valence-corrected chi connectivity index (χ1v) is 3.40. The summed E-state index contributed by atoms with van der Waals surface area (Å²) in [6.45, 7) is 2.49. The first-order chi connectivity index (χ1) is 4.76. The van der Waals surface area contributed by atoms with Gasteiger partial charge >= 0.3 is 0 Å². The van der Waals surface area contributed by atoms with Crippen molar-refractivity contribution in [3.63, 3.8) is 0 Å². The third kappa shape index (κ3) is 2.94. The van der Waals surface area contributed by atoms with E-state index in [-0.39, 0.29) is 6.04 Å². The van der Waals surface area contributed by atoms with Gasteiger partial charge in [-0.2, -0.15) is 0 Å². The smallest absolute Gasteiger partial charge is 0.137 e. The molecule has 0 aliphatic carbocycles. The van der Waals surface area contributed by atoms with Gasteiger partial charge in [0.2, 0.25) is 0 Å². The molecule has 0 radical (unpaired) electrons. The van der Waals surface area contributed by atoms with Crippen LogP contribution in [-0.4, -0.2) is 38.1 Å². The number of ether oxygens (including phenoxy) is 1. The van der Waals surface area contributed by atoms with Crippen LogP contribution < -0.4 is 0 Å². The molecule has 0 aliphatic rings. The van der Waals surface area contributed by atoms with Crippen LogP contribution in [0.25, 0.3) is 0 Å². The molecule has 0 saturated heterocycles. The third-order valence-corrected chi connectivity index (χ3v) is 1.47. The highest BCUT2D eigenvalue weighted by molar-refractivity contribution is 5.57. The number of aldehydes is 1. The number of carbonyl (C=O) groups is 1. The highest BCUT2D eigenvalue weighted by Gasteiger charge is 2.09. The summed E-state index contributed by atoms with van der Waals surface area (Å²) in [5.41, 5.74) is 0. The van der Waals surface area contributed by atoms with Crippen LogP contribution in [0.1, 0.15) is 13.3 Å². The van der Waals surface area contributed by atoms with Crippen LogP contribution in [0.5, 0.6) is 0 Å². The summed E-state index contributed by atoms with van der Waals surface area (Å²) < 4.78 is 4.86. The SMILES string of the molecule is CCC(C=O)N(C)COC. The minimum Gasteiger partial charge on any atom is -0.369 e. The monoisotopic (exact) mass is 145 g/mol. The van der Waals surface area contributed by atoms with E-state index in [9.17, 15) is 4.79 Å². The standard InChI is InChI=1S/C7H15NO2/c1-4-7(5-9)8(2)6-10-3/h5,7H,4,6H2,1-3H3. The van der Waals surface area contributed by atoms with Gasteiger partial charge in [0.25, 0.3) is 0 Å². The Morgan fingerprint density at radius 2 is 2.30 bits per heavy atom. The summed E-state index contributed by atoms with van der Waals surface area (Å²) in [6.07, 6.45) is 1.78. The number of carbonyl (C=O) groups excluding carboxylic acids is 1. The normalized spacial score (nSPS) is 13.6.